The maximum Gasteiger partial charge on any atom is 0.248 e. The van der Waals surface area contributed by atoms with E-state index in [9.17, 15) is 8.42 Å². The van der Waals surface area contributed by atoms with Gasteiger partial charge in [-0.05, 0) is 55.3 Å². The van der Waals surface area contributed by atoms with Gasteiger partial charge in [0.25, 0.3) is 0 Å². The molecule has 186 valence electrons. The van der Waals surface area contributed by atoms with Crippen LogP contribution in [0.3, 0.4) is 0 Å². The van der Waals surface area contributed by atoms with Gasteiger partial charge in [0.1, 0.15) is 11.6 Å². The fraction of sp³-hybridized carbons (Fsp3) is 0.480. The standard InChI is InChI=1S/C25H32N6O3S/c1-16-12-19(16)15-27-21-13-18(14-22(28-21)31(2)35(3,32)33)24-29-30-25(34-24)23-20(10-7-11-26-23)17-8-5-4-6-9-17/h4-6,8-9,13-14,16,19-20,23,26H,7,10-12,15H2,1-3H3,(H,27,28)/t16?,19-,20-,23+/m0/s1. The summed E-state index contributed by atoms with van der Waals surface area (Å²) in [6.07, 6.45) is 4.46. The predicted molar refractivity (Wildman–Crippen MR) is 136 cm³/mol. The van der Waals surface area contributed by atoms with E-state index < -0.39 is 10.0 Å². The Morgan fingerprint density at radius 2 is 1.97 bits per heavy atom. The quantitative estimate of drug-likeness (QED) is 0.484. The van der Waals surface area contributed by atoms with Gasteiger partial charge in [0.2, 0.25) is 21.8 Å². The van der Waals surface area contributed by atoms with Gasteiger partial charge in [-0.3, -0.25) is 4.31 Å². The zero-order valence-corrected chi connectivity index (χ0v) is 21.1. The number of piperidine rings is 1. The van der Waals surface area contributed by atoms with Crippen LogP contribution in [-0.2, 0) is 10.0 Å². The number of pyridine rings is 1. The van der Waals surface area contributed by atoms with Crippen molar-refractivity contribution < 1.29 is 12.8 Å². The van der Waals surface area contributed by atoms with E-state index in [0.29, 0.717) is 40.8 Å². The lowest BCUT2D eigenvalue weighted by Crippen LogP contribution is -2.33. The first-order chi connectivity index (χ1) is 16.8. The van der Waals surface area contributed by atoms with Crippen LogP contribution in [0.25, 0.3) is 11.5 Å². The summed E-state index contributed by atoms with van der Waals surface area (Å²) in [4.78, 5) is 4.53. The SMILES string of the molecule is CC1C[C@H]1CNc1cc(-c2nnc([C@@H]3NCCC[C@H]3c3ccccc3)o2)cc(N(C)S(C)(=O)=O)n1. The number of sulfonamides is 1. The van der Waals surface area contributed by atoms with Crippen molar-refractivity contribution in [3.63, 3.8) is 0 Å². The monoisotopic (exact) mass is 496 g/mol. The second-order valence-corrected chi connectivity index (χ2v) is 11.7. The Balaban J connectivity index is 1.45. The van der Waals surface area contributed by atoms with Gasteiger partial charge in [-0.25, -0.2) is 13.4 Å². The van der Waals surface area contributed by atoms with Crippen LogP contribution in [0.15, 0.2) is 46.9 Å². The van der Waals surface area contributed by atoms with Gasteiger partial charge in [-0.1, -0.05) is 37.3 Å². The highest BCUT2D eigenvalue weighted by atomic mass is 32.2. The summed E-state index contributed by atoms with van der Waals surface area (Å²) in [5, 5.41) is 15.6. The van der Waals surface area contributed by atoms with Crippen molar-refractivity contribution >= 4 is 21.7 Å². The zero-order valence-electron chi connectivity index (χ0n) is 20.3. The third kappa shape index (κ3) is 5.33. The maximum absolute atomic E-state index is 12.2. The Kier molecular flexibility index (Phi) is 6.50. The smallest absolute Gasteiger partial charge is 0.248 e. The Labute approximate surface area is 206 Å². The minimum Gasteiger partial charge on any atom is -0.419 e. The fourth-order valence-electron chi connectivity index (χ4n) is 4.66. The molecule has 2 N–H and O–H groups in total. The number of benzene rings is 1. The number of aromatic nitrogens is 3. The molecule has 0 radical (unpaired) electrons. The van der Waals surface area contributed by atoms with E-state index in [1.54, 1.807) is 6.07 Å². The maximum atomic E-state index is 12.2. The largest absolute Gasteiger partial charge is 0.419 e. The summed E-state index contributed by atoms with van der Waals surface area (Å²) in [5.41, 5.74) is 1.87. The van der Waals surface area contributed by atoms with Crippen LogP contribution in [0.4, 0.5) is 11.6 Å². The molecule has 1 aliphatic heterocycles. The molecule has 1 saturated heterocycles. The summed E-state index contributed by atoms with van der Waals surface area (Å²) in [6.45, 7) is 3.90. The van der Waals surface area contributed by atoms with E-state index in [-0.39, 0.29) is 12.0 Å². The number of hydrogen-bond acceptors (Lipinski definition) is 8. The predicted octanol–water partition coefficient (Wildman–Crippen LogP) is 3.80. The molecule has 0 spiro atoms. The number of hydrogen-bond donors (Lipinski definition) is 2. The van der Waals surface area contributed by atoms with E-state index in [4.69, 9.17) is 4.42 Å². The van der Waals surface area contributed by atoms with Gasteiger partial charge < -0.3 is 15.1 Å². The van der Waals surface area contributed by atoms with E-state index in [1.807, 2.05) is 24.3 Å². The Bertz CT molecular complexity index is 1280. The van der Waals surface area contributed by atoms with Gasteiger partial charge in [-0.15, -0.1) is 10.2 Å². The van der Waals surface area contributed by atoms with Gasteiger partial charge in [0.15, 0.2) is 0 Å². The number of rotatable bonds is 8. The van der Waals surface area contributed by atoms with Crippen molar-refractivity contribution in [1.29, 1.82) is 0 Å². The molecule has 2 aromatic heterocycles. The molecule has 0 amide bonds. The second-order valence-electron chi connectivity index (χ2n) is 9.72. The van der Waals surface area contributed by atoms with Crippen molar-refractivity contribution in [3.05, 3.63) is 53.9 Å². The average molecular weight is 497 g/mol. The fourth-order valence-corrected chi connectivity index (χ4v) is 5.10. The topological polar surface area (TPSA) is 113 Å². The number of anilines is 2. The lowest BCUT2D eigenvalue weighted by Gasteiger charge is -2.30. The van der Waals surface area contributed by atoms with E-state index >= 15 is 0 Å². The van der Waals surface area contributed by atoms with Crippen LogP contribution in [0, 0.1) is 11.8 Å². The van der Waals surface area contributed by atoms with Gasteiger partial charge in [0, 0.05) is 25.1 Å². The molecule has 1 aromatic carbocycles. The van der Waals surface area contributed by atoms with Gasteiger partial charge in [0.05, 0.1) is 12.3 Å². The van der Waals surface area contributed by atoms with Gasteiger partial charge >= 0.3 is 0 Å². The normalized spacial score (nSPS) is 24.2. The molecule has 2 fully saturated rings. The van der Waals surface area contributed by atoms with Crippen LogP contribution < -0.4 is 14.9 Å². The molecular weight excluding hydrogens is 464 g/mol. The molecule has 3 aromatic rings. The van der Waals surface area contributed by atoms with Crippen molar-refractivity contribution in [2.45, 2.75) is 38.1 Å². The van der Waals surface area contributed by atoms with Crippen LogP contribution >= 0.6 is 0 Å². The lowest BCUT2D eigenvalue weighted by molar-refractivity contribution is 0.303. The molecule has 4 atom stereocenters. The van der Waals surface area contributed by atoms with E-state index in [1.165, 1.54) is 19.0 Å². The molecule has 9 nitrogen and oxygen atoms in total. The minimum atomic E-state index is -3.48. The van der Waals surface area contributed by atoms with Gasteiger partial charge in [-0.2, -0.15) is 0 Å². The molecule has 1 aliphatic carbocycles. The molecule has 5 rings (SSSR count). The first-order valence-electron chi connectivity index (χ1n) is 12.1. The Hall–Kier alpha value is -2.98. The highest BCUT2D eigenvalue weighted by Gasteiger charge is 2.33. The molecule has 10 heteroatoms. The van der Waals surface area contributed by atoms with Crippen LogP contribution in [0.5, 0.6) is 0 Å². The third-order valence-corrected chi connectivity index (χ3v) is 8.28. The number of nitrogens with zero attached hydrogens (tertiary/aromatic N) is 4. The zero-order chi connectivity index (χ0) is 24.6. The second kappa shape index (κ2) is 9.58. The minimum absolute atomic E-state index is 0.0821. The van der Waals surface area contributed by atoms with Crippen molar-refractivity contribution in [3.8, 4) is 11.5 Å². The van der Waals surface area contributed by atoms with Crippen LogP contribution in [0.2, 0.25) is 0 Å². The molecule has 3 heterocycles. The highest BCUT2D eigenvalue weighted by Crippen LogP contribution is 2.39. The Morgan fingerprint density at radius 3 is 2.69 bits per heavy atom. The molecule has 1 unspecified atom stereocenters. The molecule has 1 saturated carbocycles. The summed E-state index contributed by atoms with van der Waals surface area (Å²) in [7, 11) is -1.99. The summed E-state index contributed by atoms with van der Waals surface area (Å²) >= 11 is 0. The van der Waals surface area contributed by atoms with E-state index in [0.717, 1.165) is 36.5 Å². The average Bonchev–Trinajstić information content (AvgIpc) is 3.35. The van der Waals surface area contributed by atoms with Crippen molar-refractivity contribution in [2.75, 3.05) is 36.0 Å². The Morgan fingerprint density at radius 1 is 1.20 bits per heavy atom. The van der Waals surface area contributed by atoms with Crippen molar-refractivity contribution in [2.24, 2.45) is 11.8 Å². The van der Waals surface area contributed by atoms with E-state index in [2.05, 4.69) is 44.9 Å². The molecule has 35 heavy (non-hydrogen) atoms. The van der Waals surface area contributed by atoms with Crippen molar-refractivity contribution in [1.82, 2.24) is 20.5 Å². The summed E-state index contributed by atoms with van der Waals surface area (Å²) in [6, 6.07) is 13.8. The third-order valence-electron chi connectivity index (χ3n) is 7.09. The molecule has 0 bridgehead atoms. The highest BCUT2D eigenvalue weighted by molar-refractivity contribution is 7.92. The first-order valence-corrected chi connectivity index (χ1v) is 14.0. The summed E-state index contributed by atoms with van der Waals surface area (Å²) in [5.74, 6) is 3.30. The lowest BCUT2D eigenvalue weighted by atomic mass is 9.85. The number of nitrogens with one attached hydrogen (secondary N) is 2. The van der Waals surface area contributed by atoms with Crippen LogP contribution in [-0.4, -0.2) is 50.0 Å². The molecular formula is C25H32N6O3S. The van der Waals surface area contributed by atoms with Crippen LogP contribution in [0.1, 0.15) is 49.6 Å². The first kappa shape index (κ1) is 23.7. The molecule has 2 aliphatic rings. The summed E-state index contributed by atoms with van der Waals surface area (Å²) < 4.78 is 31.7.